The molecule has 2 amide bonds. The number of hydrogen-bond acceptors (Lipinski definition) is 4. The number of primary amides is 1. The maximum absolute atomic E-state index is 13.7. The Labute approximate surface area is 132 Å². The molecule has 0 saturated heterocycles. The van der Waals surface area contributed by atoms with Gasteiger partial charge in [-0.3, -0.25) is 9.59 Å². The molecule has 0 saturated carbocycles. The lowest BCUT2D eigenvalue weighted by molar-refractivity contribution is -0.118. The molecule has 0 spiro atoms. The summed E-state index contributed by atoms with van der Waals surface area (Å²) in [6, 6.07) is 9.32. The fourth-order valence-corrected chi connectivity index (χ4v) is 1.94. The number of anilines is 2. The largest absolute Gasteiger partial charge is 0.370 e. The topological polar surface area (TPSA) is 97.1 Å². The second kappa shape index (κ2) is 7.88. The molecule has 0 unspecified atom stereocenters. The van der Waals surface area contributed by atoms with Gasteiger partial charge in [-0.2, -0.15) is 0 Å². The minimum atomic E-state index is -0.439. The third-order valence-corrected chi connectivity index (χ3v) is 3.06. The lowest BCUT2D eigenvalue weighted by Gasteiger charge is -2.11. The summed E-state index contributed by atoms with van der Waals surface area (Å²) in [5, 5.41) is 5.48. The van der Waals surface area contributed by atoms with Crippen molar-refractivity contribution in [3.05, 3.63) is 54.0 Å². The van der Waals surface area contributed by atoms with Crippen LogP contribution < -0.4 is 16.4 Å². The number of aromatic nitrogens is 1. The predicted octanol–water partition coefficient (Wildman–Crippen LogP) is 1.96. The third-order valence-electron chi connectivity index (χ3n) is 3.06. The summed E-state index contributed by atoms with van der Waals surface area (Å²) < 4.78 is 13.7. The molecule has 23 heavy (non-hydrogen) atoms. The van der Waals surface area contributed by atoms with E-state index in [9.17, 15) is 14.0 Å². The summed E-state index contributed by atoms with van der Waals surface area (Å²) in [7, 11) is 0. The Morgan fingerprint density at radius 3 is 2.70 bits per heavy atom. The maximum Gasteiger partial charge on any atom is 0.255 e. The van der Waals surface area contributed by atoms with Crippen molar-refractivity contribution in [2.75, 3.05) is 11.9 Å². The first-order chi connectivity index (χ1) is 11.1. The molecule has 0 aliphatic carbocycles. The molecule has 0 fully saturated rings. The zero-order chi connectivity index (χ0) is 16.7. The molecule has 6 nitrogen and oxygen atoms in total. The van der Waals surface area contributed by atoms with Gasteiger partial charge in [0.2, 0.25) is 5.91 Å². The Bertz CT molecular complexity index is 706. The number of nitrogens with zero attached hydrogens (tertiary/aromatic N) is 1. The first kappa shape index (κ1) is 16.4. The standard InChI is InChI=1S/C16H17FN4O2/c17-12-6-1-2-7-13(12)21-15-11(5-3-9-19-15)16(23)20-10-4-8-14(18)22/h1-3,5-7,9H,4,8,10H2,(H2,18,22)(H,19,21)(H,20,23). The van der Waals surface area contributed by atoms with Gasteiger partial charge in [0.05, 0.1) is 11.3 Å². The summed E-state index contributed by atoms with van der Waals surface area (Å²) in [4.78, 5) is 26.9. The number of rotatable bonds is 7. The van der Waals surface area contributed by atoms with E-state index >= 15 is 0 Å². The summed E-state index contributed by atoms with van der Waals surface area (Å²) in [5.74, 6) is -0.958. The van der Waals surface area contributed by atoms with E-state index < -0.39 is 11.7 Å². The van der Waals surface area contributed by atoms with Crippen LogP contribution in [-0.2, 0) is 4.79 Å². The van der Waals surface area contributed by atoms with E-state index in [0.29, 0.717) is 13.0 Å². The molecular weight excluding hydrogens is 299 g/mol. The highest BCUT2D eigenvalue weighted by atomic mass is 19.1. The zero-order valence-corrected chi connectivity index (χ0v) is 12.4. The van der Waals surface area contributed by atoms with E-state index in [1.165, 1.54) is 12.3 Å². The Kier molecular flexibility index (Phi) is 5.62. The molecule has 2 rings (SSSR count). The molecule has 1 aromatic carbocycles. The molecule has 1 heterocycles. The molecule has 7 heteroatoms. The van der Waals surface area contributed by atoms with Gasteiger partial charge in [-0.05, 0) is 30.7 Å². The normalized spacial score (nSPS) is 10.1. The molecule has 1 aromatic heterocycles. The predicted molar refractivity (Wildman–Crippen MR) is 84.7 cm³/mol. The Balaban J connectivity index is 2.06. The van der Waals surface area contributed by atoms with Crippen molar-refractivity contribution >= 4 is 23.3 Å². The quantitative estimate of drug-likeness (QED) is 0.680. The van der Waals surface area contributed by atoms with Gasteiger partial charge in [0.25, 0.3) is 5.91 Å². The van der Waals surface area contributed by atoms with Gasteiger partial charge in [-0.1, -0.05) is 12.1 Å². The first-order valence-electron chi connectivity index (χ1n) is 7.11. The summed E-state index contributed by atoms with van der Waals surface area (Å²) in [5.41, 5.74) is 5.55. The number of hydrogen-bond donors (Lipinski definition) is 3. The van der Waals surface area contributed by atoms with Crippen LogP contribution in [0.3, 0.4) is 0 Å². The van der Waals surface area contributed by atoms with Crippen LogP contribution in [0.2, 0.25) is 0 Å². The highest BCUT2D eigenvalue weighted by Gasteiger charge is 2.13. The molecule has 4 N–H and O–H groups in total. The molecule has 0 atom stereocenters. The third kappa shape index (κ3) is 4.77. The van der Waals surface area contributed by atoms with Crippen LogP contribution in [0.15, 0.2) is 42.6 Å². The average Bonchev–Trinajstić information content (AvgIpc) is 2.54. The van der Waals surface area contributed by atoms with Crippen LogP contribution in [-0.4, -0.2) is 23.3 Å². The fourth-order valence-electron chi connectivity index (χ4n) is 1.94. The van der Waals surface area contributed by atoms with Crippen molar-refractivity contribution in [3.63, 3.8) is 0 Å². The Morgan fingerprint density at radius 2 is 1.96 bits per heavy atom. The maximum atomic E-state index is 13.7. The van der Waals surface area contributed by atoms with Crippen molar-refractivity contribution in [2.24, 2.45) is 5.73 Å². The van der Waals surface area contributed by atoms with Crippen molar-refractivity contribution in [2.45, 2.75) is 12.8 Å². The molecule has 120 valence electrons. The van der Waals surface area contributed by atoms with Gasteiger partial charge in [0.15, 0.2) is 0 Å². The zero-order valence-electron chi connectivity index (χ0n) is 12.4. The molecular formula is C16H17FN4O2. The summed E-state index contributed by atoms with van der Waals surface area (Å²) >= 11 is 0. The van der Waals surface area contributed by atoms with Crippen LogP contribution in [0, 0.1) is 5.82 Å². The fraction of sp³-hybridized carbons (Fsp3) is 0.188. The highest BCUT2D eigenvalue weighted by Crippen LogP contribution is 2.20. The minimum absolute atomic E-state index is 0.202. The van der Waals surface area contributed by atoms with Crippen LogP contribution in [0.1, 0.15) is 23.2 Å². The van der Waals surface area contributed by atoms with Gasteiger partial charge in [0.1, 0.15) is 11.6 Å². The molecule has 0 radical (unpaired) electrons. The second-order valence-electron chi connectivity index (χ2n) is 4.83. The second-order valence-corrected chi connectivity index (χ2v) is 4.83. The molecule has 2 aromatic rings. The number of carbonyl (C=O) groups is 2. The van der Waals surface area contributed by atoms with Crippen LogP contribution in [0.25, 0.3) is 0 Å². The van der Waals surface area contributed by atoms with Crippen molar-refractivity contribution in [3.8, 4) is 0 Å². The number of benzene rings is 1. The number of nitrogens with two attached hydrogens (primary N) is 1. The van der Waals surface area contributed by atoms with Gasteiger partial charge in [0, 0.05) is 19.2 Å². The van der Waals surface area contributed by atoms with E-state index in [1.54, 1.807) is 30.3 Å². The van der Waals surface area contributed by atoms with E-state index in [0.717, 1.165) is 0 Å². The van der Waals surface area contributed by atoms with E-state index in [2.05, 4.69) is 15.6 Å². The molecule has 0 aliphatic heterocycles. The van der Waals surface area contributed by atoms with Crippen molar-refractivity contribution in [1.82, 2.24) is 10.3 Å². The average molecular weight is 316 g/mol. The highest BCUT2D eigenvalue weighted by molar-refractivity contribution is 5.99. The Morgan fingerprint density at radius 1 is 1.17 bits per heavy atom. The lowest BCUT2D eigenvalue weighted by atomic mass is 10.2. The smallest absolute Gasteiger partial charge is 0.255 e. The van der Waals surface area contributed by atoms with Crippen molar-refractivity contribution < 1.29 is 14.0 Å². The number of para-hydroxylation sites is 1. The van der Waals surface area contributed by atoms with Crippen LogP contribution in [0.4, 0.5) is 15.9 Å². The van der Waals surface area contributed by atoms with Gasteiger partial charge in [-0.25, -0.2) is 9.37 Å². The molecule has 0 aliphatic rings. The summed E-state index contributed by atoms with van der Waals surface area (Å²) in [6.45, 7) is 0.315. The van der Waals surface area contributed by atoms with Crippen molar-refractivity contribution in [1.29, 1.82) is 0 Å². The van der Waals surface area contributed by atoms with Crippen LogP contribution in [0.5, 0.6) is 0 Å². The van der Waals surface area contributed by atoms with Crippen LogP contribution >= 0.6 is 0 Å². The Hall–Kier alpha value is -2.96. The monoisotopic (exact) mass is 316 g/mol. The number of halogens is 1. The number of carbonyl (C=O) groups excluding carboxylic acids is 2. The lowest BCUT2D eigenvalue weighted by Crippen LogP contribution is -2.26. The van der Waals surface area contributed by atoms with E-state index in [4.69, 9.17) is 5.73 Å². The van der Waals surface area contributed by atoms with Gasteiger partial charge in [-0.15, -0.1) is 0 Å². The number of pyridine rings is 1. The SMILES string of the molecule is NC(=O)CCCNC(=O)c1cccnc1Nc1ccccc1F. The van der Waals surface area contributed by atoms with E-state index in [-0.39, 0.29) is 29.4 Å². The summed E-state index contributed by atoms with van der Waals surface area (Å²) in [6.07, 6.45) is 2.16. The minimum Gasteiger partial charge on any atom is -0.370 e. The van der Waals surface area contributed by atoms with Gasteiger partial charge >= 0.3 is 0 Å². The number of amides is 2. The number of nitrogens with one attached hydrogen (secondary N) is 2. The van der Waals surface area contributed by atoms with E-state index in [1.807, 2.05) is 0 Å². The first-order valence-corrected chi connectivity index (χ1v) is 7.11. The molecule has 0 bridgehead atoms. The van der Waals surface area contributed by atoms with Gasteiger partial charge < -0.3 is 16.4 Å².